The third-order valence-corrected chi connectivity index (χ3v) is 3.40. The van der Waals surface area contributed by atoms with Gasteiger partial charge in [0, 0.05) is 12.1 Å². The molecule has 0 aromatic heterocycles. The van der Waals surface area contributed by atoms with Crippen LogP contribution in [0.2, 0.25) is 0 Å². The highest BCUT2D eigenvalue weighted by Gasteiger charge is 2.12. The predicted octanol–water partition coefficient (Wildman–Crippen LogP) is 2.49. The summed E-state index contributed by atoms with van der Waals surface area (Å²) in [7, 11) is 0. The number of hydrogen-bond donors (Lipinski definition) is 2. The van der Waals surface area contributed by atoms with Gasteiger partial charge in [0.25, 0.3) is 0 Å². The molecule has 26 heavy (non-hydrogen) atoms. The van der Waals surface area contributed by atoms with Crippen LogP contribution in [0, 0.1) is 5.92 Å². The Balaban J connectivity index is 1.91. The van der Waals surface area contributed by atoms with E-state index in [2.05, 4.69) is 15.8 Å². The Morgan fingerprint density at radius 1 is 1.04 bits per heavy atom. The molecule has 2 rings (SSSR count). The number of nitrogens with zero attached hydrogens (tertiary/aromatic N) is 1. The number of benzene rings is 2. The number of hydrazone groups is 1. The van der Waals surface area contributed by atoms with E-state index in [1.807, 2.05) is 68.4 Å². The maximum Gasteiger partial charge on any atom is 0.329 e. The van der Waals surface area contributed by atoms with Crippen molar-refractivity contribution in [3.8, 4) is 5.75 Å². The van der Waals surface area contributed by atoms with Gasteiger partial charge in [-0.1, -0.05) is 56.3 Å². The summed E-state index contributed by atoms with van der Waals surface area (Å²) >= 11 is 0. The van der Waals surface area contributed by atoms with Gasteiger partial charge in [-0.3, -0.25) is 9.59 Å². The second kappa shape index (κ2) is 9.98. The summed E-state index contributed by atoms with van der Waals surface area (Å²) in [4.78, 5) is 23.3. The van der Waals surface area contributed by atoms with Crippen LogP contribution >= 0.6 is 0 Å². The summed E-state index contributed by atoms with van der Waals surface area (Å²) in [6.45, 7) is 4.76. The Kier molecular flexibility index (Phi) is 7.36. The quantitative estimate of drug-likeness (QED) is 0.456. The lowest BCUT2D eigenvalue weighted by Crippen LogP contribution is -2.39. The van der Waals surface area contributed by atoms with Crippen LogP contribution in [0.3, 0.4) is 0 Å². The Labute approximate surface area is 153 Å². The van der Waals surface area contributed by atoms with E-state index >= 15 is 0 Å². The van der Waals surface area contributed by atoms with Crippen molar-refractivity contribution >= 4 is 18.0 Å². The van der Waals surface area contributed by atoms with Crippen LogP contribution in [0.15, 0.2) is 59.7 Å². The van der Waals surface area contributed by atoms with Crippen molar-refractivity contribution in [1.82, 2.24) is 10.7 Å². The van der Waals surface area contributed by atoms with E-state index in [9.17, 15) is 9.59 Å². The Hall–Kier alpha value is -3.15. The summed E-state index contributed by atoms with van der Waals surface area (Å²) in [5.41, 5.74) is 3.97. The molecule has 6 nitrogen and oxygen atoms in total. The van der Waals surface area contributed by atoms with Crippen LogP contribution in [0.5, 0.6) is 5.75 Å². The summed E-state index contributed by atoms with van der Waals surface area (Å²) < 4.78 is 5.81. The average molecular weight is 353 g/mol. The molecular formula is C20H23N3O3. The van der Waals surface area contributed by atoms with Gasteiger partial charge in [0.1, 0.15) is 12.4 Å². The zero-order valence-corrected chi connectivity index (χ0v) is 14.9. The molecule has 0 aliphatic heterocycles. The van der Waals surface area contributed by atoms with Crippen molar-refractivity contribution in [3.63, 3.8) is 0 Å². The van der Waals surface area contributed by atoms with Gasteiger partial charge in [-0.05, 0) is 23.6 Å². The molecular weight excluding hydrogens is 330 g/mol. The van der Waals surface area contributed by atoms with E-state index in [-0.39, 0.29) is 5.92 Å². The molecule has 0 aliphatic carbocycles. The molecule has 2 aromatic rings. The molecule has 0 unspecified atom stereocenters. The van der Waals surface area contributed by atoms with Crippen molar-refractivity contribution in [2.45, 2.75) is 20.5 Å². The fourth-order valence-corrected chi connectivity index (χ4v) is 2.04. The van der Waals surface area contributed by atoms with Crippen molar-refractivity contribution in [2.24, 2.45) is 11.0 Å². The van der Waals surface area contributed by atoms with E-state index in [1.54, 1.807) is 0 Å². The number of hydrogen-bond acceptors (Lipinski definition) is 4. The van der Waals surface area contributed by atoms with E-state index in [0.717, 1.165) is 5.56 Å². The first-order chi connectivity index (χ1) is 12.6. The van der Waals surface area contributed by atoms with Crippen LogP contribution < -0.4 is 15.5 Å². The van der Waals surface area contributed by atoms with Gasteiger partial charge in [0.2, 0.25) is 0 Å². The molecule has 0 saturated carbocycles. The molecule has 0 atom stereocenters. The molecule has 2 aromatic carbocycles. The molecule has 0 fully saturated rings. The summed E-state index contributed by atoms with van der Waals surface area (Å²) in [5, 5.41) is 6.37. The molecule has 6 heteroatoms. The highest BCUT2D eigenvalue weighted by atomic mass is 16.5. The standard InChI is InChI=1S/C20H23N3O3/c1-15(2)12-21-19(24)20(25)23-22-13-17-10-6-7-11-18(17)26-14-16-8-4-3-5-9-16/h3-11,13,15H,12,14H2,1-2H3,(H,21,24)(H,23,25)/b22-13-. The van der Waals surface area contributed by atoms with Crippen molar-refractivity contribution in [2.75, 3.05) is 6.54 Å². The topological polar surface area (TPSA) is 79.8 Å². The minimum atomic E-state index is -0.801. The Morgan fingerprint density at radius 2 is 1.73 bits per heavy atom. The van der Waals surface area contributed by atoms with Crippen LogP contribution in [0.4, 0.5) is 0 Å². The number of rotatable bonds is 7. The lowest BCUT2D eigenvalue weighted by Gasteiger charge is -2.09. The highest BCUT2D eigenvalue weighted by Crippen LogP contribution is 2.17. The van der Waals surface area contributed by atoms with Gasteiger partial charge in [-0.2, -0.15) is 5.10 Å². The Morgan fingerprint density at radius 3 is 2.46 bits per heavy atom. The van der Waals surface area contributed by atoms with Gasteiger partial charge < -0.3 is 10.1 Å². The number of amides is 2. The Bertz CT molecular complexity index is 758. The number of ether oxygens (including phenoxy) is 1. The lowest BCUT2D eigenvalue weighted by atomic mass is 10.2. The first-order valence-electron chi connectivity index (χ1n) is 8.43. The molecule has 0 radical (unpaired) electrons. The van der Waals surface area contributed by atoms with Gasteiger partial charge in [-0.15, -0.1) is 0 Å². The molecule has 0 saturated heterocycles. The number of para-hydroxylation sites is 1. The van der Waals surface area contributed by atoms with Gasteiger partial charge >= 0.3 is 11.8 Å². The van der Waals surface area contributed by atoms with E-state index < -0.39 is 11.8 Å². The third-order valence-electron chi connectivity index (χ3n) is 3.40. The maximum atomic E-state index is 11.7. The lowest BCUT2D eigenvalue weighted by molar-refractivity contribution is -0.139. The molecule has 2 N–H and O–H groups in total. The van der Waals surface area contributed by atoms with Crippen molar-refractivity contribution in [1.29, 1.82) is 0 Å². The number of carbonyl (C=O) groups excluding carboxylic acids is 2. The first kappa shape index (κ1) is 19.2. The average Bonchev–Trinajstić information content (AvgIpc) is 2.66. The minimum absolute atomic E-state index is 0.267. The maximum absolute atomic E-state index is 11.7. The SMILES string of the molecule is CC(C)CNC(=O)C(=O)N/N=C\c1ccccc1OCc1ccccc1. The normalized spacial score (nSPS) is 10.7. The fourth-order valence-electron chi connectivity index (χ4n) is 2.04. The van der Waals surface area contributed by atoms with Crippen LogP contribution in [0.25, 0.3) is 0 Å². The second-order valence-electron chi connectivity index (χ2n) is 6.12. The van der Waals surface area contributed by atoms with Crippen LogP contribution in [0.1, 0.15) is 25.0 Å². The van der Waals surface area contributed by atoms with Crippen LogP contribution in [-0.2, 0) is 16.2 Å². The first-order valence-corrected chi connectivity index (χ1v) is 8.43. The van der Waals surface area contributed by atoms with Gasteiger partial charge in [0.15, 0.2) is 0 Å². The van der Waals surface area contributed by atoms with E-state index in [1.165, 1.54) is 6.21 Å². The smallest absolute Gasteiger partial charge is 0.329 e. The summed E-state index contributed by atoms with van der Waals surface area (Å²) in [5.74, 6) is -0.600. The van der Waals surface area contributed by atoms with Crippen LogP contribution in [-0.4, -0.2) is 24.6 Å². The molecule has 0 aliphatic rings. The van der Waals surface area contributed by atoms with Gasteiger partial charge in [0.05, 0.1) is 6.21 Å². The number of nitrogens with one attached hydrogen (secondary N) is 2. The second-order valence-corrected chi connectivity index (χ2v) is 6.12. The van der Waals surface area contributed by atoms with E-state index in [4.69, 9.17) is 4.74 Å². The van der Waals surface area contributed by atoms with E-state index in [0.29, 0.717) is 24.5 Å². The molecule has 0 bridgehead atoms. The van der Waals surface area contributed by atoms with Crippen molar-refractivity contribution < 1.29 is 14.3 Å². The third kappa shape index (κ3) is 6.39. The fraction of sp³-hybridized carbons (Fsp3) is 0.250. The zero-order chi connectivity index (χ0) is 18.8. The molecule has 0 spiro atoms. The van der Waals surface area contributed by atoms with Crippen molar-refractivity contribution in [3.05, 3.63) is 65.7 Å². The molecule has 136 valence electrons. The zero-order valence-electron chi connectivity index (χ0n) is 14.9. The summed E-state index contributed by atoms with van der Waals surface area (Å²) in [6, 6.07) is 17.1. The predicted molar refractivity (Wildman–Crippen MR) is 101 cm³/mol. The highest BCUT2D eigenvalue weighted by molar-refractivity contribution is 6.35. The molecule has 0 heterocycles. The number of carbonyl (C=O) groups is 2. The monoisotopic (exact) mass is 353 g/mol. The largest absolute Gasteiger partial charge is 0.488 e. The minimum Gasteiger partial charge on any atom is -0.488 e. The molecule has 2 amide bonds. The van der Waals surface area contributed by atoms with Gasteiger partial charge in [-0.25, -0.2) is 5.43 Å². The summed E-state index contributed by atoms with van der Waals surface area (Å²) in [6.07, 6.45) is 1.45.